The van der Waals surface area contributed by atoms with Gasteiger partial charge in [0.25, 0.3) is 5.91 Å². The van der Waals surface area contributed by atoms with Gasteiger partial charge in [0, 0.05) is 11.9 Å². The molecular weight excluding hydrogens is 408 g/mol. The predicted octanol–water partition coefficient (Wildman–Crippen LogP) is 4.07. The molecular formula is C25H20N2O5. The second-order valence-electron chi connectivity index (χ2n) is 6.99. The van der Waals surface area contributed by atoms with Gasteiger partial charge < -0.3 is 19.1 Å². The fourth-order valence-electron chi connectivity index (χ4n) is 3.51. The number of esters is 1. The Bertz CT molecular complexity index is 1250. The molecule has 0 saturated heterocycles. The Morgan fingerprint density at radius 1 is 1.09 bits per heavy atom. The second kappa shape index (κ2) is 9.23. The van der Waals surface area contributed by atoms with Gasteiger partial charge >= 0.3 is 5.97 Å². The molecule has 0 aliphatic carbocycles. The molecule has 160 valence electrons. The topological polar surface area (TPSA) is 88.9 Å². The first-order valence-corrected chi connectivity index (χ1v) is 10.1. The second-order valence-corrected chi connectivity index (χ2v) is 6.99. The van der Waals surface area contributed by atoms with Crippen LogP contribution in [0, 0.1) is 11.3 Å². The third-order valence-electron chi connectivity index (χ3n) is 5.05. The van der Waals surface area contributed by atoms with Gasteiger partial charge in [-0.25, -0.2) is 4.79 Å². The van der Waals surface area contributed by atoms with E-state index in [0.29, 0.717) is 23.6 Å². The summed E-state index contributed by atoms with van der Waals surface area (Å²) in [4.78, 5) is 26.8. The van der Waals surface area contributed by atoms with Crippen LogP contribution in [0.2, 0.25) is 0 Å². The van der Waals surface area contributed by atoms with Crippen molar-refractivity contribution < 1.29 is 23.8 Å². The number of nitrogens with zero attached hydrogens (tertiary/aromatic N) is 2. The number of hydrogen-bond donors (Lipinski definition) is 0. The molecule has 1 aliphatic rings. The summed E-state index contributed by atoms with van der Waals surface area (Å²) in [6.45, 7) is 1.91. The van der Waals surface area contributed by atoms with E-state index < -0.39 is 12.6 Å². The summed E-state index contributed by atoms with van der Waals surface area (Å²) in [5.74, 6) is -0.111. The lowest BCUT2D eigenvalue weighted by atomic mass is 10.1. The standard InChI is InChI=1S/C25H20N2O5/c1-2-27(21-9-5-7-18-6-3-4-8-20(18)21)24(28)15-30-25(29)19(14-26)12-17-10-11-22-23(13-17)32-16-31-22/h3-13H,2,15-16H2,1H3/b19-12-. The highest BCUT2D eigenvalue weighted by Crippen LogP contribution is 2.33. The quantitative estimate of drug-likeness (QED) is 0.334. The average molecular weight is 428 g/mol. The SMILES string of the molecule is CCN(C(=O)COC(=O)/C(C#N)=C\c1ccc2c(c1)OCO2)c1cccc2ccccc12. The molecule has 0 spiro atoms. The van der Waals surface area contributed by atoms with E-state index >= 15 is 0 Å². The normalized spacial score (nSPS) is 12.3. The molecule has 3 aromatic rings. The monoisotopic (exact) mass is 428 g/mol. The molecule has 0 radical (unpaired) electrons. The minimum Gasteiger partial charge on any atom is -0.454 e. The van der Waals surface area contributed by atoms with Crippen LogP contribution in [-0.4, -0.2) is 31.8 Å². The number of fused-ring (bicyclic) bond motifs is 2. The van der Waals surface area contributed by atoms with Gasteiger partial charge in [0.2, 0.25) is 6.79 Å². The highest BCUT2D eigenvalue weighted by Gasteiger charge is 2.20. The first-order valence-electron chi connectivity index (χ1n) is 10.1. The Balaban J connectivity index is 1.47. The molecule has 3 aromatic carbocycles. The molecule has 0 bridgehead atoms. The summed E-state index contributed by atoms with van der Waals surface area (Å²) in [5.41, 5.74) is 1.10. The molecule has 0 N–H and O–H groups in total. The van der Waals surface area contributed by atoms with Crippen LogP contribution in [0.5, 0.6) is 11.5 Å². The van der Waals surface area contributed by atoms with Crippen LogP contribution in [0.4, 0.5) is 5.69 Å². The van der Waals surface area contributed by atoms with Gasteiger partial charge in [-0.15, -0.1) is 0 Å². The number of nitriles is 1. The molecule has 0 aromatic heterocycles. The van der Waals surface area contributed by atoms with E-state index in [-0.39, 0.29) is 18.3 Å². The lowest BCUT2D eigenvalue weighted by molar-refractivity contribution is -0.143. The van der Waals surface area contributed by atoms with Crippen molar-refractivity contribution in [2.45, 2.75) is 6.92 Å². The third kappa shape index (κ3) is 4.25. The molecule has 7 nitrogen and oxygen atoms in total. The molecule has 1 aliphatic heterocycles. The maximum absolute atomic E-state index is 12.8. The number of hydrogen-bond acceptors (Lipinski definition) is 6. The average Bonchev–Trinajstić information content (AvgIpc) is 3.29. The van der Waals surface area contributed by atoms with Crippen LogP contribution < -0.4 is 14.4 Å². The van der Waals surface area contributed by atoms with Crippen LogP contribution >= 0.6 is 0 Å². The predicted molar refractivity (Wildman–Crippen MR) is 119 cm³/mol. The highest BCUT2D eigenvalue weighted by atomic mass is 16.7. The van der Waals surface area contributed by atoms with Crippen LogP contribution in [0.15, 0.2) is 66.2 Å². The third-order valence-corrected chi connectivity index (χ3v) is 5.05. The zero-order chi connectivity index (χ0) is 22.5. The van der Waals surface area contributed by atoms with E-state index in [0.717, 1.165) is 16.5 Å². The zero-order valence-corrected chi connectivity index (χ0v) is 17.4. The molecule has 4 rings (SSSR count). The minimum atomic E-state index is -0.868. The van der Waals surface area contributed by atoms with Crippen molar-refractivity contribution in [2.24, 2.45) is 0 Å². The molecule has 0 fully saturated rings. The number of likely N-dealkylation sites (N-methyl/N-ethyl adjacent to an activating group) is 1. The van der Waals surface area contributed by atoms with Crippen molar-refractivity contribution in [1.29, 1.82) is 5.26 Å². The van der Waals surface area contributed by atoms with Crippen molar-refractivity contribution in [3.63, 3.8) is 0 Å². The van der Waals surface area contributed by atoms with Gasteiger partial charge in [-0.2, -0.15) is 5.26 Å². The van der Waals surface area contributed by atoms with E-state index in [2.05, 4.69) is 0 Å². The number of ether oxygens (including phenoxy) is 3. The van der Waals surface area contributed by atoms with Crippen LogP contribution in [0.1, 0.15) is 12.5 Å². The van der Waals surface area contributed by atoms with E-state index in [1.54, 1.807) is 23.1 Å². The maximum Gasteiger partial charge on any atom is 0.349 e. The Morgan fingerprint density at radius 3 is 2.69 bits per heavy atom. The fourth-order valence-corrected chi connectivity index (χ4v) is 3.51. The van der Waals surface area contributed by atoms with Crippen molar-refractivity contribution in [2.75, 3.05) is 24.8 Å². The molecule has 0 saturated carbocycles. The number of carbonyl (C=O) groups excluding carboxylic acids is 2. The summed E-state index contributed by atoms with van der Waals surface area (Å²) in [5, 5.41) is 11.3. The van der Waals surface area contributed by atoms with Crippen molar-refractivity contribution in [1.82, 2.24) is 0 Å². The van der Waals surface area contributed by atoms with E-state index in [1.165, 1.54) is 6.08 Å². The number of rotatable bonds is 6. The number of anilines is 1. The molecule has 0 unspecified atom stereocenters. The van der Waals surface area contributed by atoms with E-state index in [1.807, 2.05) is 55.5 Å². The molecule has 32 heavy (non-hydrogen) atoms. The van der Waals surface area contributed by atoms with Gasteiger partial charge in [0.05, 0.1) is 5.69 Å². The maximum atomic E-state index is 12.8. The molecule has 1 amide bonds. The summed E-state index contributed by atoms with van der Waals surface area (Å²) in [7, 11) is 0. The summed E-state index contributed by atoms with van der Waals surface area (Å²) >= 11 is 0. The van der Waals surface area contributed by atoms with Crippen molar-refractivity contribution in [3.05, 3.63) is 71.8 Å². The van der Waals surface area contributed by atoms with Crippen molar-refractivity contribution >= 4 is 34.4 Å². The van der Waals surface area contributed by atoms with Gasteiger partial charge in [-0.3, -0.25) is 4.79 Å². The summed E-state index contributed by atoms with van der Waals surface area (Å²) < 4.78 is 15.7. The van der Waals surface area contributed by atoms with Crippen LogP contribution in [0.25, 0.3) is 16.8 Å². The smallest absolute Gasteiger partial charge is 0.349 e. The first kappa shape index (κ1) is 20.9. The number of amides is 1. The molecule has 1 heterocycles. The largest absolute Gasteiger partial charge is 0.454 e. The van der Waals surface area contributed by atoms with Gasteiger partial charge in [-0.05, 0) is 42.1 Å². The van der Waals surface area contributed by atoms with Crippen LogP contribution in [0.3, 0.4) is 0 Å². The summed E-state index contributed by atoms with van der Waals surface area (Å²) in [6, 6.07) is 20.3. The number of carbonyl (C=O) groups is 2. The Hall–Kier alpha value is -4.31. The fraction of sp³-hybridized carbons (Fsp3) is 0.160. The van der Waals surface area contributed by atoms with Gasteiger partial charge in [0.15, 0.2) is 18.1 Å². The zero-order valence-electron chi connectivity index (χ0n) is 17.4. The lowest BCUT2D eigenvalue weighted by Gasteiger charge is -2.22. The van der Waals surface area contributed by atoms with Gasteiger partial charge in [-0.1, -0.05) is 42.5 Å². The van der Waals surface area contributed by atoms with Gasteiger partial charge in [0.1, 0.15) is 11.6 Å². The van der Waals surface area contributed by atoms with E-state index in [9.17, 15) is 14.9 Å². The van der Waals surface area contributed by atoms with E-state index in [4.69, 9.17) is 14.2 Å². The first-order chi connectivity index (χ1) is 15.6. The molecule has 0 atom stereocenters. The Kier molecular flexibility index (Phi) is 6.04. The van der Waals surface area contributed by atoms with Crippen molar-refractivity contribution in [3.8, 4) is 17.6 Å². The highest BCUT2D eigenvalue weighted by molar-refractivity contribution is 6.05. The summed E-state index contributed by atoms with van der Waals surface area (Å²) in [6.07, 6.45) is 1.39. The minimum absolute atomic E-state index is 0.127. The number of benzene rings is 3. The lowest BCUT2D eigenvalue weighted by Crippen LogP contribution is -2.34. The molecule has 7 heteroatoms. The Morgan fingerprint density at radius 2 is 1.88 bits per heavy atom. The van der Waals surface area contributed by atoms with Crippen LogP contribution in [-0.2, 0) is 14.3 Å². The Labute approximate surface area is 185 Å².